The normalized spacial score (nSPS) is 12.5. The molecule has 0 saturated carbocycles. The highest BCUT2D eigenvalue weighted by Crippen LogP contribution is 2.32. The molecule has 2 heterocycles. The second-order valence-corrected chi connectivity index (χ2v) is 6.54. The minimum Gasteiger partial charge on any atom is -0.461 e. The molecule has 0 amide bonds. The summed E-state index contributed by atoms with van der Waals surface area (Å²) >= 11 is 1.62. The number of thiazole rings is 1. The van der Waals surface area contributed by atoms with Crippen LogP contribution in [0.1, 0.15) is 17.0 Å². The van der Waals surface area contributed by atoms with E-state index in [9.17, 15) is 4.79 Å². The van der Waals surface area contributed by atoms with Crippen LogP contribution in [0.3, 0.4) is 0 Å². The summed E-state index contributed by atoms with van der Waals surface area (Å²) in [5.41, 5.74) is 1.86. The molecule has 0 fully saturated rings. The van der Waals surface area contributed by atoms with E-state index in [0.29, 0.717) is 18.6 Å². The van der Waals surface area contributed by atoms with Crippen LogP contribution < -0.4 is 9.47 Å². The van der Waals surface area contributed by atoms with Gasteiger partial charge in [0.05, 0.1) is 21.6 Å². The van der Waals surface area contributed by atoms with Crippen LogP contribution in [0, 0.1) is 0 Å². The summed E-state index contributed by atoms with van der Waals surface area (Å²) in [5, 5.41) is 0.955. The van der Waals surface area contributed by atoms with Crippen LogP contribution in [0.15, 0.2) is 42.5 Å². The molecule has 4 rings (SSSR count). The predicted molar refractivity (Wildman–Crippen MR) is 90.3 cm³/mol. The van der Waals surface area contributed by atoms with E-state index in [1.807, 2.05) is 42.5 Å². The quantitative estimate of drug-likeness (QED) is 0.662. The molecule has 5 nitrogen and oxygen atoms in total. The molecule has 0 saturated heterocycles. The summed E-state index contributed by atoms with van der Waals surface area (Å²) in [6, 6.07) is 13.5. The second kappa shape index (κ2) is 6.49. The van der Waals surface area contributed by atoms with Gasteiger partial charge >= 0.3 is 5.97 Å². The maximum absolute atomic E-state index is 11.9. The molecule has 0 N–H and O–H groups in total. The van der Waals surface area contributed by atoms with E-state index in [2.05, 4.69) is 4.98 Å². The Morgan fingerprint density at radius 1 is 1.17 bits per heavy atom. The fourth-order valence-electron chi connectivity index (χ4n) is 2.50. The predicted octanol–water partition coefficient (Wildman–Crippen LogP) is 3.70. The Hall–Kier alpha value is -2.60. The minimum atomic E-state index is -0.230. The SMILES string of the molecule is O=C(CCc1nc2ccccc2s1)OCc1ccc2c(c1)OCO2. The molecule has 24 heavy (non-hydrogen) atoms. The van der Waals surface area contributed by atoms with Crippen molar-refractivity contribution < 1.29 is 19.0 Å². The molecule has 0 spiro atoms. The van der Waals surface area contributed by atoms with Crippen molar-refractivity contribution in [3.63, 3.8) is 0 Å². The largest absolute Gasteiger partial charge is 0.461 e. The van der Waals surface area contributed by atoms with Crippen molar-refractivity contribution in [3.05, 3.63) is 53.0 Å². The number of benzene rings is 2. The first kappa shape index (κ1) is 15.0. The third-order valence-corrected chi connectivity index (χ3v) is 4.81. The first-order valence-corrected chi connectivity index (χ1v) is 8.48. The summed E-state index contributed by atoms with van der Waals surface area (Å²) < 4.78 is 17.0. The standard InChI is InChI=1S/C18H15NO4S/c20-18(8-7-17-19-13-3-1-2-4-16(13)24-17)21-10-12-5-6-14-15(9-12)23-11-22-14/h1-6,9H,7-8,10-11H2. The van der Waals surface area contributed by atoms with E-state index in [1.165, 1.54) is 0 Å². The van der Waals surface area contributed by atoms with Crippen LogP contribution in [0.2, 0.25) is 0 Å². The smallest absolute Gasteiger partial charge is 0.306 e. The molecule has 0 bridgehead atoms. The van der Waals surface area contributed by atoms with Gasteiger partial charge in [0.25, 0.3) is 0 Å². The number of para-hydroxylation sites is 1. The Morgan fingerprint density at radius 2 is 2.04 bits per heavy atom. The first-order chi connectivity index (χ1) is 11.8. The molecular weight excluding hydrogens is 326 g/mol. The minimum absolute atomic E-state index is 0.230. The monoisotopic (exact) mass is 341 g/mol. The molecule has 1 aliphatic rings. The number of ether oxygens (including phenoxy) is 3. The zero-order valence-electron chi connectivity index (χ0n) is 12.9. The van der Waals surface area contributed by atoms with Crippen LogP contribution in [0.25, 0.3) is 10.2 Å². The lowest BCUT2D eigenvalue weighted by molar-refractivity contribution is -0.144. The van der Waals surface area contributed by atoms with E-state index in [0.717, 1.165) is 26.5 Å². The van der Waals surface area contributed by atoms with Gasteiger partial charge in [-0.1, -0.05) is 18.2 Å². The van der Waals surface area contributed by atoms with Crippen molar-refractivity contribution in [2.24, 2.45) is 0 Å². The summed E-state index contributed by atoms with van der Waals surface area (Å²) in [7, 11) is 0. The molecule has 0 aliphatic carbocycles. The third kappa shape index (κ3) is 3.19. The Morgan fingerprint density at radius 3 is 2.96 bits per heavy atom. The molecule has 0 atom stereocenters. The summed E-state index contributed by atoms with van der Waals surface area (Å²) in [6.07, 6.45) is 0.920. The number of nitrogens with zero attached hydrogens (tertiary/aromatic N) is 1. The Labute approximate surface area is 142 Å². The number of carbonyl (C=O) groups excluding carboxylic acids is 1. The number of esters is 1. The molecule has 6 heteroatoms. The molecule has 1 aliphatic heterocycles. The summed E-state index contributed by atoms with van der Waals surface area (Å²) in [5.74, 6) is 1.19. The topological polar surface area (TPSA) is 57.7 Å². The van der Waals surface area contributed by atoms with Crippen molar-refractivity contribution in [1.29, 1.82) is 0 Å². The lowest BCUT2D eigenvalue weighted by Gasteiger charge is -2.05. The average molecular weight is 341 g/mol. The van der Waals surface area contributed by atoms with Gasteiger partial charge in [-0.25, -0.2) is 4.98 Å². The van der Waals surface area contributed by atoms with Gasteiger partial charge < -0.3 is 14.2 Å². The first-order valence-electron chi connectivity index (χ1n) is 7.66. The van der Waals surface area contributed by atoms with Crippen molar-refractivity contribution in [2.75, 3.05) is 6.79 Å². The zero-order chi connectivity index (χ0) is 16.4. The lowest BCUT2D eigenvalue weighted by atomic mass is 10.2. The van der Waals surface area contributed by atoms with E-state index in [-0.39, 0.29) is 19.4 Å². The molecule has 2 aromatic carbocycles. The Bertz CT molecular complexity index is 857. The van der Waals surface area contributed by atoms with Crippen molar-refractivity contribution >= 4 is 27.5 Å². The highest BCUT2D eigenvalue weighted by atomic mass is 32.1. The number of aromatic nitrogens is 1. The van der Waals surface area contributed by atoms with Gasteiger partial charge in [-0.15, -0.1) is 11.3 Å². The fourth-order valence-corrected chi connectivity index (χ4v) is 3.47. The maximum Gasteiger partial charge on any atom is 0.306 e. The number of rotatable bonds is 5. The van der Waals surface area contributed by atoms with Crippen molar-refractivity contribution in [3.8, 4) is 11.5 Å². The second-order valence-electron chi connectivity index (χ2n) is 5.42. The van der Waals surface area contributed by atoms with Gasteiger partial charge in [-0.05, 0) is 29.8 Å². The van der Waals surface area contributed by atoms with Crippen LogP contribution >= 0.6 is 11.3 Å². The van der Waals surface area contributed by atoms with E-state index in [4.69, 9.17) is 14.2 Å². The van der Waals surface area contributed by atoms with Gasteiger partial charge in [0.2, 0.25) is 6.79 Å². The maximum atomic E-state index is 11.9. The average Bonchev–Trinajstić information content (AvgIpc) is 3.23. The third-order valence-electron chi connectivity index (χ3n) is 3.72. The number of fused-ring (bicyclic) bond motifs is 2. The number of carbonyl (C=O) groups is 1. The van der Waals surface area contributed by atoms with Gasteiger partial charge in [0, 0.05) is 6.42 Å². The van der Waals surface area contributed by atoms with Gasteiger partial charge in [-0.3, -0.25) is 4.79 Å². The highest BCUT2D eigenvalue weighted by Gasteiger charge is 2.14. The van der Waals surface area contributed by atoms with Gasteiger partial charge in [0.1, 0.15) is 6.61 Å². The Balaban J connectivity index is 1.30. The molecule has 122 valence electrons. The van der Waals surface area contributed by atoms with Crippen LogP contribution in [0.4, 0.5) is 0 Å². The summed E-state index contributed by atoms with van der Waals surface area (Å²) in [6.45, 7) is 0.468. The van der Waals surface area contributed by atoms with E-state index >= 15 is 0 Å². The summed E-state index contributed by atoms with van der Waals surface area (Å²) in [4.78, 5) is 16.5. The van der Waals surface area contributed by atoms with Crippen molar-refractivity contribution in [1.82, 2.24) is 4.98 Å². The fraction of sp³-hybridized carbons (Fsp3) is 0.222. The van der Waals surface area contributed by atoms with Crippen LogP contribution in [-0.2, 0) is 22.6 Å². The van der Waals surface area contributed by atoms with Gasteiger partial charge in [-0.2, -0.15) is 0 Å². The molecular formula is C18H15NO4S. The molecule has 1 aromatic heterocycles. The number of hydrogen-bond acceptors (Lipinski definition) is 6. The highest BCUT2D eigenvalue weighted by molar-refractivity contribution is 7.18. The van der Waals surface area contributed by atoms with Crippen molar-refractivity contribution in [2.45, 2.75) is 19.4 Å². The van der Waals surface area contributed by atoms with Crippen LogP contribution in [-0.4, -0.2) is 17.7 Å². The van der Waals surface area contributed by atoms with Crippen LogP contribution in [0.5, 0.6) is 11.5 Å². The molecule has 3 aromatic rings. The van der Waals surface area contributed by atoms with Gasteiger partial charge in [0.15, 0.2) is 11.5 Å². The molecule has 0 radical (unpaired) electrons. The number of aryl methyl sites for hydroxylation is 1. The zero-order valence-corrected chi connectivity index (χ0v) is 13.7. The Kier molecular flexibility index (Phi) is 4.04. The molecule has 0 unspecified atom stereocenters. The number of hydrogen-bond donors (Lipinski definition) is 0. The lowest BCUT2D eigenvalue weighted by Crippen LogP contribution is -2.05. The van der Waals surface area contributed by atoms with E-state index < -0.39 is 0 Å². The van der Waals surface area contributed by atoms with E-state index in [1.54, 1.807) is 11.3 Å².